The van der Waals surface area contributed by atoms with Crippen molar-refractivity contribution >= 4 is 0 Å². The Labute approximate surface area is 132 Å². The number of nitrogens with one attached hydrogen (secondary N) is 1. The lowest BCUT2D eigenvalue weighted by atomic mass is 9.70. The van der Waals surface area contributed by atoms with E-state index in [1.165, 1.54) is 71.1 Å². The fraction of sp³-hybridized carbons (Fsp3) is 1.00. The minimum Gasteiger partial charge on any atom is -0.316 e. The van der Waals surface area contributed by atoms with Crippen molar-refractivity contribution in [3.05, 3.63) is 0 Å². The fourth-order valence-corrected chi connectivity index (χ4v) is 5.48. The predicted octanol–water partition coefficient (Wildman–Crippen LogP) is 3.91. The molecular weight excluding hydrogens is 256 g/mol. The van der Waals surface area contributed by atoms with Crippen molar-refractivity contribution in [1.29, 1.82) is 0 Å². The Morgan fingerprint density at radius 2 is 1.95 bits per heavy atom. The molecule has 0 aromatic carbocycles. The van der Waals surface area contributed by atoms with Gasteiger partial charge in [-0.05, 0) is 74.8 Å². The minimum absolute atomic E-state index is 0.610. The lowest BCUT2D eigenvalue weighted by Crippen LogP contribution is -2.56. The third-order valence-electron chi connectivity index (χ3n) is 6.71. The summed E-state index contributed by atoms with van der Waals surface area (Å²) < 4.78 is 0. The molecule has 0 aromatic rings. The Morgan fingerprint density at radius 3 is 2.67 bits per heavy atom. The van der Waals surface area contributed by atoms with E-state index < -0.39 is 0 Å². The number of hydrogen-bond donors (Lipinski definition) is 1. The molecule has 122 valence electrons. The van der Waals surface area contributed by atoms with Crippen molar-refractivity contribution in [2.45, 2.75) is 71.8 Å². The van der Waals surface area contributed by atoms with E-state index >= 15 is 0 Å². The Balaban J connectivity index is 1.71. The summed E-state index contributed by atoms with van der Waals surface area (Å²) in [6.45, 7) is 12.6. The van der Waals surface area contributed by atoms with Gasteiger partial charge >= 0.3 is 0 Å². The molecule has 1 saturated carbocycles. The van der Waals surface area contributed by atoms with Gasteiger partial charge in [-0.1, -0.05) is 27.2 Å². The Bertz CT molecular complexity index is 327. The number of nitrogens with zero attached hydrogens (tertiary/aromatic N) is 1. The molecule has 3 aliphatic rings. The van der Waals surface area contributed by atoms with E-state index in [0.717, 1.165) is 23.8 Å². The fourth-order valence-electron chi connectivity index (χ4n) is 5.48. The molecule has 2 saturated heterocycles. The molecule has 2 heterocycles. The maximum Gasteiger partial charge on any atom is 0.0129 e. The van der Waals surface area contributed by atoms with E-state index in [-0.39, 0.29) is 0 Å². The summed E-state index contributed by atoms with van der Waals surface area (Å²) in [5, 5.41) is 3.68. The maximum atomic E-state index is 3.68. The first-order valence-corrected chi connectivity index (χ1v) is 9.54. The molecular formula is C19H36N2. The second kappa shape index (κ2) is 6.58. The third-order valence-corrected chi connectivity index (χ3v) is 6.71. The molecule has 4 unspecified atom stereocenters. The van der Waals surface area contributed by atoms with E-state index in [1.807, 2.05) is 0 Å². The number of likely N-dealkylation sites (tertiary alicyclic amines) is 1. The number of hydrogen-bond acceptors (Lipinski definition) is 2. The van der Waals surface area contributed by atoms with Gasteiger partial charge in [-0.15, -0.1) is 0 Å². The second-order valence-electron chi connectivity index (χ2n) is 8.75. The molecule has 2 nitrogen and oxygen atoms in total. The first-order valence-electron chi connectivity index (χ1n) is 9.54. The highest BCUT2D eigenvalue weighted by Crippen LogP contribution is 2.42. The van der Waals surface area contributed by atoms with Crippen LogP contribution in [0.4, 0.5) is 0 Å². The van der Waals surface area contributed by atoms with Crippen LogP contribution in [0, 0.1) is 23.2 Å². The summed E-state index contributed by atoms with van der Waals surface area (Å²) in [5.41, 5.74) is 0.610. The Hall–Kier alpha value is -0.0800. The summed E-state index contributed by atoms with van der Waals surface area (Å²) in [4.78, 5) is 2.93. The van der Waals surface area contributed by atoms with Crippen molar-refractivity contribution < 1.29 is 0 Å². The molecule has 1 N–H and O–H groups in total. The summed E-state index contributed by atoms with van der Waals surface area (Å²) >= 11 is 0. The molecule has 0 aromatic heterocycles. The zero-order valence-corrected chi connectivity index (χ0v) is 14.5. The smallest absolute Gasteiger partial charge is 0.0129 e. The zero-order valence-electron chi connectivity index (χ0n) is 14.5. The first kappa shape index (κ1) is 15.8. The van der Waals surface area contributed by atoms with Gasteiger partial charge in [0.2, 0.25) is 0 Å². The maximum absolute atomic E-state index is 3.68. The zero-order chi connectivity index (χ0) is 14.9. The molecule has 0 radical (unpaired) electrons. The van der Waals surface area contributed by atoms with Gasteiger partial charge in [0.1, 0.15) is 0 Å². The highest BCUT2D eigenvalue weighted by atomic mass is 15.2. The largest absolute Gasteiger partial charge is 0.316 e. The molecule has 3 rings (SSSR count). The Morgan fingerprint density at radius 1 is 1.14 bits per heavy atom. The molecule has 4 atom stereocenters. The van der Waals surface area contributed by atoms with Gasteiger partial charge in [0.25, 0.3) is 0 Å². The van der Waals surface area contributed by atoms with Crippen LogP contribution in [0.1, 0.15) is 65.7 Å². The van der Waals surface area contributed by atoms with Crippen molar-refractivity contribution in [3.63, 3.8) is 0 Å². The van der Waals surface area contributed by atoms with Crippen LogP contribution in [-0.4, -0.2) is 37.1 Å². The Kier molecular flexibility index (Phi) is 4.95. The molecule has 3 fully saturated rings. The van der Waals surface area contributed by atoms with Gasteiger partial charge in [0.15, 0.2) is 0 Å². The molecule has 0 amide bonds. The molecule has 21 heavy (non-hydrogen) atoms. The lowest BCUT2D eigenvalue weighted by molar-refractivity contribution is -0.0117. The lowest BCUT2D eigenvalue weighted by Gasteiger charge is -2.51. The van der Waals surface area contributed by atoms with Crippen LogP contribution in [0.25, 0.3) is 0 Å². The predicted molar refractivity (Wildman–Crippen MR) is 90.5 cm³/mol. The van der Waals surface area contributed by atoms with E-state index in [0.29, 0.717) is 5.41 Å². The molecule has 1 spiro atoms. The normalized spacial score (nSPS) is 42.6. The van der Waals surface area contributed by atoms with Crippen LogP contribution in [0.3, 0.4) is 0 Å². The monoisotopic (exact) mass is 292 g/mol. The third kappa shape index (κ3) is 3.47. The first-order chi connectivity index (χ1) is 10.1. The van der Waals surface area contributed by atoms with Crippen LogP contribution in [0.5, 0.6) is 0 Å². The van der Waals surface area contributed by atoms with Crippen LogP contribution in [0.15, 0.2) is 0 Å². The molecule has 2 aliphatic heterocycles. The van der Waals surface area contributed by atoms with Gasteiger partial charge in [-0.2, -0.15) is 0 Å². The van der Waals surface area contributed by atoms with E-state index in [1.54, 1.807) is 0 Å². The quantitative estimate of drug-likeness (QED) is 0.830. The topological polar surface area (TPSA) is 15.3 Å². The molecule has 0 bridgehead atoms. The average Bonchev–Trinajstić information content (AvgIpc) is 2.47. The number of rotatable bonds is 2. The van der Waals surface area contributed by atoms with E-state index in [4.69, 9.17) is 0 Å². The summed E-state index contributed by atoms with van der Waals surface area (Å²) in [7, 11) is 0. The van der Waals surface area contributed by atoms with Crippen LogP contribution in [-0.2, 0) is 0 Å². The van der Waals surface area contributed by atoms with Crippen LogP contribution in [0.2, 0.25) is 0 Å². The SMILES string of the molecule is CC1CCC(C(C)C)C(N2CCCC3(CCCNC3)C2)C1. The number of piperidine rings is 2. The standard InChI is InChI=1S/C19H36N2/c1-15(2)17-7-6-16(3)12-18(17)21-11-5-9-19(14-21)8-4-10-20-13-19/h15-18,20H,4-14H2,1-3H3. The highest BCUT2D eigenvalue weighted by molar-refractivity contribution is 4.96. The van der Waals surface area contributed by atoms with Crippen molar-refractivity contribution in [3.8, 4) is 0 Å². The van der Waals surface area contributed by atoms with E-state index in [2.05, 4.69) is 31.0 Å². The van der Waals surface area contributed by atoms with Crippen LogP contribution < -0.4 is 5.32 Å². The van der Waals surface area contributed by atoms with Crippen LogP contribution >= 0.6 is 0 Å². The summed E-state index contributed by atoms with van der Waals surface area (Å²) in [5.74, 6) is 2.73. The van der Waals surface area contributed by atoms with Gasteiger partial charge in [-0.3, -0.25) is 4.90 Å². The van der Waals surface area contributed by atoms with Crippen molar-refractivity contribution in [2.75, 3.05) is 26.2 Å². The van der Waals surface area contributed by atoms with Gasteiger partial charge in [0.05, 0.1) is 0 Å². The minimum atomic E-state index is 0.610. The second-order valence-corrected chi connectivity index (χ2v) is 8.75. The average molecular weight is 293 g/mol. The summed E-state index contributed by atoms with van der Waals surface area (Å²) in [6.07, 6.45) is 10.1. The van der Waals surface area contributed by atoms with Crippen molar-refractivity contribution in [2.24, 2.45) is 23.2 Å². The van der Waals surface area contributed by atoms with Gasteiger partial charge < -0.3 is 5.32 Å². The molecule has 2 heteroatoms. The van der Waals surface area contributed by atoms with Gasteiger partial charge in [-0.25, -0.2) is 0 Å². The van der Waals surface area contributed by atoms with E-state index in [9.17, 15) is 0 Å². The van der Waals surface area contributed by atoms with Gasteiger partial charge in [0, 0.05) is 19.1 Å². The van der Waals surface area contributed by atoms with Crippen molar-refractivity contribution in [1.82, 2.24) is 10.2 Å². The molecule has 1 aliphatic carbocycles. The summed E-state index contributed by atoms with van der Waals surface area (Å²) in [6, 6.07) is 0.868. The highest BCUT2D eigenvalue weighted by Gasteiger charge is 2.42.